The number of fused-ring (bicyclic) bond motifs is 3. The van der Waals surface area contributed by atoms with E-state index < -0.39 is 6.23 Å². The van der Waals surface area contributed by atoms with Crippen molar-refractivity contribution in [3.8, 4) is 22.9 Å². The molecule has 152 valence electrons. The van der Waals surface area contributed by atoms with Crippen LogP contribution in [0.15, 0.2) is 66.3 Å². The van der Waals surface area contributed by atoms with Crippen LogP contribution >= 0.6 is 11.8 Å². The Morgan fingerprint density at radius 3 is 2.87 bits per heavy atom. The third-order valence-corrected chi connectivity index (χ3v) is 5.39. The summed E-state index contributed by atoms with van der Waals surface area (Å²) in [7, 11) is 1.60. The van der Waals surface area contributed by atoms with Gasteiger partial charge in [0, 0.05) is 23.8 Å². The molecule has 1 amide bonds. The number of hydrogen-bond donors (Lipinski definition) is 0. The number of para-hydroxylation sites is 1. The Bertz CT molecular complexity index is 1110. The van der Waals surface area contributed by atoms with Crippen LogP contribution in [0.1, 0.15) is 18.7 Å². The average Bonchev–Trinajstić information content (AvgIpc) is 2.92. The number of ether oxygens (including phenoxy) is 2. The molecule has 0 N–H and O–H groups in total. The van der Waals surface area contributed by atoms with Gasteiger partial charge in [0.1, 0.15) is 5.75 Å². The van der Waals surface area contributed by atoms with Crippen LogP contribution in [0.3, 0.4) is 0 Å². The lowest BCUT2D eigenvalue weighted by Gasteiger charge is -2.30. The third kappa shape index (κ3) is 3.73. The minimum atomic E-state index is -0.742. The van der Waals surface area contributed by atoms with E-state index in [1.807, 2.05) is 48.5 Å². The SMILES string of the molecule is C=CCSc1nnc2c(n1)O[C@@H](c1cccc(OC)c1)N(C(C)=O)c1ccccc1-2. The van der Waals surface area contributed by atoms with E-state index in [-0.39, 0.29) is 5.91 Å². The molecule has 0 bridgehead atoms. The fourth-order valence-corrected chi connectivity index (χ4v) is 3.77. The van der Waals surface area contributed by atoms with Crippen LogP contribution in [0.2, 0.25) is 0 Å². The Morgan fingerprint density at radius 2 is 2.10 bits per heavy atom. The molecule has 0 radical (unpaired) electrons. The van der Waals surface area contributed by atoms with Crippen molar-refractivity contribution < 1.29 is 14.3 Å². The molecule has 4 rings (SSSR count). The van der Waals surface area contributed by atoms with Crippen molar-refractivity contribution in [1.29, 1.82) is 0 Å². The highest BCUT2D eigenvalue weighted by Gasteiger charge is 2.34. The highest BCUT2D eigenvalue weighted by molar-refractivity contribution is 7.99. The van der Waals surface area contributed by atoms with Gasteiger partial charge < -0.3 is 9.47 Å². The van der Waals surface area contributed by atoms with E-state index in [9.17, 15) is 4.79 Å². The molecule has 8 heteroatoms. The Morgan fingerprint density at radius 1 is 1.27 bits per heavy atom. The van der Waals surface area contributed by atoms with Crippen LogP contribution in [0.4, 0.5) is 5.69 Å². The Labute approximate surface area is 178 Å². The number of rotatable bonds is 5. The van der Waals surface area contributed by atoms with Gasteiger partial charge in [-0.1, -0.05) is 48.2 Å². The first-order valence-electron chi connectivity index (χ1n) is 9.30. The fourth-order valence-electron chi connectivity index (χ4n) is 3.26. The summed E-state index contributed by atoms with van der Waals surface area (Å²) in [4.78, 5) is 18.9. The largest absolute Gasteiger partial charge is 0.497 e. The lowest BCUT2D eigenvalue weighted by Crippen LogP contribution is -2.36. The summed E-state index contributed by atoms with van der Waals surface area (Å²) in [5, 5.41) is 9.07. The van der Waals surface area contributed by atoms with Crippen molar-refractivity contribution >= 4 is 23.4 Å². The number of aromatic nitrogens is 3. The lowest BCUT2D eigenvalue weighted by molar-refractivity contribution is -0.118. The molecule has 0 saturated heterocycles. The Kier molecular flexibility index (Phi) is 5.67. The summed E-state index contributed by atoms with van der Waals surface area (Å²) in [6, 6.07) is 14.9. The maximum atomic E-state index is 12.8. The van der Waals surface area contributed by atoms with Crippen LogP contribution in [0, 0.1) is 0 Å². The number of carbonyl (C=O) groups is 1. The zero-order chi connectivity index (χ0) is 21.1. The summed E-state index contributed by atoms with van der Waals surface area (Å²) in [5.74, 6) is 1.47. The lowest BCUT2D eigenvalue weighted by atomic mass is 10.1. The van der Waals surface area contributed by atoms with E-state index in [4.69, 9.17) is 9.47 Å². The van der Waals surface area contributed by atoms with Gasteiger partial charge in [0.05, 0.1) is 12.8 Å². The molecule has 2 aromatic carbocycles. The fraction of sp³-hybridized carbons (Fsp3) is 0.182. The molecule has 1 aliphatic rings. The van der Waals surface area contributed by atoms with E-state index in [0.29, 0.717) is 33.9 Å². The van der Waals surface area contributed by atoms with Crippen molar-refractivity contribution in [2.45, 2.75) is 18.3 Å². The number of anilines is 1. The summed E-state index contributed by atoms with van der Waals surface area (Å²) in [6.07, 6.45) is 1.03. The summed E-state index contributed by atoms with van der Waals surface area (Å²) in [5.41, 5.74) is 2.66. The van der Waals surface area contributed by atoms with Gasteiger partial charge in [-0.05, 0) is 18.2 Å². The summed E-state index contributed by atoms with van der Waals surface area (Å²) < 4.78 is 11.7. The molecule has 7 nitrogen and oxygen atoms in total. The summed E-state index contributed by atoms with van der Waals surface area (Å²) in [6.45, 7) is 5.23. The zero-order valence-electron chi connectivity index (χ0n) is 16.6. The second-order valence-corrected chi connectivity index (χ2v) is 7.49. The molecule has 0 saturated carbocycles. The molecule has 1 aromatic heterocycles. The van der Waals surface area contributed by atoms with E-state index >= 15 is 0 Å². The van der Waals surface area contributed by atoms with E-state index in [1.165, 1.54) is 18.7 Å². The van der Waals surface area contributed by atoms with Gasteiger partial charge in [-0.15, -0.1) is 16.8 Å². The molecule has 1 atom stereocenters. The van der Waals surface area contributed by atoms with Crippen molar-refractivity contribution in [3.05, 3.63) is 66.7 Å². The molecule has 0 spiro atoms. The van der Waals surface area contributed by atoms with Gasteiger partial charge in [0.2, 0.25) is 23.2 Å². The number of methoxy groups -OCH3 is 1. The topological polar surface area (TPSA) is 77.4 Å². The molecule has 1 aliphatic heterocycles. The highest BCUT2D eigenvalue weighted by atomic mass is 32.2. The second-order valence-electron chi connectivity index (χ2n) is 6.50. The van der Waals surface area contributed by atoms with Gasteiger partial charge in [-0.2, -0.15) is 4.98 Å². The normalized spacial score (nSPS) is 14.7. The number of thioether (sulfide) groups is 1. The van der Waals surface area contributed by atoms with Crippen LogP contribution in [0.25, 0.3) is 11.3 Å². The van der Waals surface area contributed by atoms with Crippen LogP contribution in [-0.2, 0) is 4.79 Å². The standard InChI is InChI=1S/C22H20N4O3S/c1-4-12-30-22-23-20-19(24-25-22)17-10-5-6-11-18(17)26(14(2)27)21(29-20)15-8-7-9-16(13-15)28-3/h4-11,13,21H,1,12H2,2-3H3/t21-/m0/s1. The minimum Gasteiger partial charge on any atom is -0.497 e. The molecule has 30 heavy (non-hydrogen) atoms. The maximum Gasteiger partial charge on any atom is 0.247 e. The average molecular weight is 420 g/mol. The van der Waals surface area contributed by atoms with Crippen molar-refractivity contribution in [3.63, 3.8) is 0 Å². The van der Waals surface area contributed by atoms with E-state index in [2.05, 4.69) is 21.8 Å². The van der Waals surface area contributed by atoms with Gasteiger partial charge in [0.15, 0.2) is 5.69 Å². The number of nitrogens with zero attached hydrogens (tertiary/aromatic N) is 4. The first-order chi connectivity index (χ1) is 14.6. The number of amides is 1. The molecule has 3 aromatic rings. The van der Waals surface area contributed by atoms with Crippen LogP contribution < -0.4 is 14.4 Å². The highest BCUT2D eigenvalue weighted by Crippen LogP contribution is 2.43. The van der Waals surface area contributed by atoms with Crippen molar-refractivity contribution in [2.75, 3.05) is 17.8 Å². The predicted octanol–water partition coefficient (Wildman–Crippen LogP) is 4.27. The Hall–Kier alpha value is -3.39. The van der Waals surface area contributed by atoms with Crippen molar-refractivity contribution in [2.24, 2.45) is 0 Å². The zero-order valence-corrected chi connectivity index (χ0v) is 17.4. The number of hydrogen-bond acceptors (Lipinski definition) is 7. The van der Waals surface area contributed by atoms with Gasteiger partial charge in [0.25, 0.3) is 0 Å². The molecule has 0 aliphatic carbocycles. The number of carbonyl (C=O) groups excluding carboxylic acids is 1. The molecular formula is C22H20N4O3S. The van der Waals surface area contributed by atoms with Gasteiger partial charge in [-0.3, -0.25) is 9.69 Å². The third-order valence-electron chi connectivity index (χ3n) is 4.56. The minimum absolute atomic E-state index is 0.169. The molecule has 0 fully saturated rings. The number of benzene rings is 2. The van der Waals surface area contributed by atoms with Crippen molar-refractivity contribution in [1.82, 2.24) is 15.2 Å². The summed E-state index contributed by atoms with van der Waals surface area (Å²) >= 11 is 1.41. The Balaban J connectivity index is 1.91. The molecule has 2 heterocycles. The van der Waals surface area contributed by atoms with Gasteiger partial charge in [-0.25, -0.2) is 0 Å². The smallest absolute Gasteiger partial charge is 0.247 e. The van der Waals surface area contributed by atoms with E-state index in [0.717, 1.165) is 11.1 Å². The van der Waals surface area contributed by atoms with Crippen LogP contribution in [-0.4, -0.2) is 34.0 Å². The quantitative estimate of drug-likeness (QED) is 0.451. The maximum absolute atomic E-state index is 12.8. The first kappa shape index (κ1) is 19.9. The molecule has 0 unspecified atom stereocenters. The first-order valence-corrected chi connectivity index (χ1v) is 10.3. The van der Waals surface area contributed by atoms with Gasteiger partial charge >= 0.3 is 0 Å². The van der Waals surface area contributed by atoms with Crippen LogP contribution in [0.5, 0.6) is 11.6 Å². The monoisotopic (exact) mass is 420 g/mol. The van der Waals surface area contributed by atoms with E-state index in [1.54, 1.807) is 18.1 Å². The molecular weight excluding hydrogens is 400 g/mol. The second kappa shape index (κ2) is 8.54. The predicted molar refractivity (Wildman–Crippen MR) is 116 cm³/mol.